The summed E-state index contributed by atoms with van der Waals surface area (Å²) in [4.78, 5) is 0. The highest BCUT2D eigenvalue weighted by Crippen LogP contribution is 2.43. The monoisotopic (exact) mass is 277 g/mol. The first-order chi connectivity index (χ1) is 9.56. The molecule has 0 heterocycles. The molecule has 1 N–H and O–H groups in total. The summed E-state index contributed by atoms with van der Waals surface area (Å²) in [6.45, 7) is 7.30. The summed E-state index contributed by atoms with van der Waals surface area (Å²) >= 11 is 0. The normalized spacial score (nSPS) is 26.8. The Morgan fingerprint density at radius 1 is 1.25 bits per heavy atom. The van der Waals surface area contributed by atoms with Crippen LogP contribution in [-0.4, -0.2) is 13.6 Å². The zero-order chi connectivity index (χ0) is 14.7. The van der Waals surface area contributed by atoms with Crippen LogP contribution in [0.2, 0.25) is 0 Å². The fraction of sp³-hybridized carbons (Fsp3) is 0.667. The number of benzene rings is 1. The van der Waals surface area contributed by atoms with Crippen molar-refractivity contribution in [3.8, 4) is 0 Å². The first kappa shape index (κ1) is 15.5. The van der Waals surface area contributed by atoms with Crippen molar-refractivity contribution >= 4 is 0 Å². The lowest BCUT2D eigenvalue weighted by Crippen LogP contribution is -2.31. The van der Waals surface area contributed by atoms with Crippen LogP contribution >= 0.6 is 0 Å². The van der Waals surface area contributed by atoms with Crippen molar-refractivity contribution in [2.75, 3.05) is 13.6 Å². The van der Waals surface area contributed by atoms with Gasteiger partial charge in [-0.2, -0.15) is 0 Å². The van der Waals surface area contributed by atoms with Crippen molar-refractivity contribution in [1.29, 1.82) is 0 Å². The SMILES string of the molecule is CCC1CCC(CNC)C(c2c(C)cc(C)cc2F)C1. The molecule has 1 aromatic rings. The molecular formula is C18H28FN. The van der Waals surface area contributed by atoms with Gasteiger partial charge < -0.3 is 5.32 Å². The van der Waals surface area contributed by atoms with Crippen LogP contribution in [0.15, 0.2) is 12.1 Å². The van der Waals surface area contributed by atoms with Gasteiger partial charge in [0.05, 0.1) is 0 Å². The summed E-state index contributed by atoms with van der Waals surface area (Å²) in [7, 11) is 2.00. The molecule has 1 aliphatic rings. The van der Waals surface area contributed by atoms with E-state index in [2.05, 4.69) is 25.2 Å². The lowest BCUT2D eigenvalue weighted by atomic mass is 9.69. The van der Waals surface area contributed by atoms with Crippen LogP contribution in [0.5, 0.6) is 0 Å². The molecule has 0 bridgehead atoms. The van der Waals surface area contributed by atoms with Gasteiger partial charge >= 0.3 is 0 Å². The van der Waals surface area contributed by atoms with Gasteiger partial charge in [0.1, 0.15) is 5.82 Å². The van der Waals surface area contributed by atoms with Gasteiger partial charge in [0.2, 0.25) is 0 Å². The van der Waals surface area contributed by atoms with E-state index in [-0.39, 0.29) is 5.82 Å². The van der Waals surface area contributed by atoms with Crippen LogP contribution in [0.25, 0.3) is 0 Å². The molecule has 3 unspecified atom stereocenters. The van der Waals surface area contributed by atoms with Crippen molar-refractivity contribution < 1.29 is 4.39 Å². The predicted molar refractivity (Wildman–Crippen MR) is 83.7 cm³/mol. The van der Waals surface area contributed by atoms with Crippen LogP contribution in [0.4, 0.5) is 4.39 Å². The molecule has 0 spiro atoms. The molecule has 2 rings (SSSR count). The second-order valence-electron chi connectivity index (χ2n) is 6.49. The van der Waals surface area contributed by atoms with Crippen LogP contribution in [-0.2, 0) is 0 Å². The average Bonchev–Trinajstić information content (AvgIpc) is 2.39. The van der Waals surface area contributed by atoms with Gasteiger partial charge in [-0.25, -0.2) is 4.39 Å². The minimum Gasteiger partial charge on any atom is -0.319 e. The zero-order valence-electron chi connectivity index (χ0n) is 13.3. The summed E-state index contributed by atoms with van der Waals surface area (Å²) < 4.78 is 14.5. The first-order valence-corrected chi connectivity index (χ1v) is 7.98. The van der Waals surface area contributed by atoms with Gasteiger partial charge in [-0.3, -0.25) is 0 Å². The van der Waals surface area contributed by atoms with E-state index >= 15 is 0 Å². The molecule has 20 heavy (non-hydrogen) atoms. The smallest absolute Gasteiger partial charge is 0.127 e. The Morgan fingerprint density at radius 2 is 2.00 bits per heavy atom. The van der Waals surface area contributed by atoms with E-state index < -0.39 is 0 Å². The predicted octanol–water partition coefficient (Wildman–Crippen LogP) is 4.57. The number of nitrogens with one attached hydrogen (secondary N) is 1. The maximum absolute atomic E-state index is 14.5. The van der Waals surface area contributed by atoms with E-state index in [1.807, 2.05) is 14.0 Å². The third-order valence-electron chi connectivity index (χ3n) is 5.00. The summed E-state index contributed by atoms with van der Waals surface area (Å²) in [6.07, 6.45) is 4.88. The molecule has 1 nitrogen and oxygen atoms in total. The van der Waals surface area contributed by atoms with Gasteiger partial charge in [0.15, 0.2) is 0 Å². The summed E-state index contributed by atoms with van der Waals surface area (Å²) in [6, 6.07) is 3.83. The highest BCUT2D eigenvalue weighted by molar-refractivity contribution is 5.35. The third kappa shape index (κ3) is 3.22. The lowest BCUT2D eigenvalue weighted by molar-refractivity contribution is 0.224. The Kier molecular flexibility index (Phi) is 5.20. The number of aryl methyl sites for hydroxylation is 2. The molecule has 1 aromatic carbocycles. The highest BCUT2D eigenvalue weighted by atomic mass is 19.1. The molecule has 0 radical (unpaired) electrons. The molecule has 1 fully saturated rings. The average molecular weight is 277 g/mol. The van der Waals surface area contributed by atoms with E-state index in [0.717, 1.165) is 35.6 Å². The van der Waals surface area contributed by atoms with Crippen molar-refractivity contribution in [2.45, 2.75) is 52.4 Å². The minimum absolute atomic E-state index is 0.00496. The number of halogens is 1. The van der Waals surface area contributed by atoms with E-state index in [1.165, 1.54) is 19.3 Å². The van der Waals surface area contributed by atoms with Crippen LogP contribution in [0.3, 0.4) is 0 Å². The molecule has 0 amide bonds. The second kappa shape index (κ2) is 6.71. The molecule has 112 valence electrons. The molecule has 2 heteroatoms. The van der Waals surface area contributed by atoms with Crippen molar-refractivity contribution in [1.82, 2.24) is 5.32 Å². The zero-order valence-corrected chi connectivity index (χ0v) is 13.3. The van der Waals surface area contributed by atoms with E-state index in [0.29, 0.717) is 11.8 Å². The molecule has 0 aliphatic heterocycles. The van der Waals surface area contributed by atoms with Gasteiger partial charge in [0.25, 0.3) is 0 Å². The van der Waals surface area contributed by atoms with Gasteiger partial charge in [-0.05, 0) is 80.8 Å². The topological polar surface area (TPSA) is 12.0 Å². The number of rotatable bonds is 4. The Bertz CT molecular complexity index is 432. The fourth-order valence-corrected chi connectivity index (χ4v) is 3.95. The summed E-state index contributed by atoms with van der Waals surface area (Å²) in [5.41, 5.74) is 3.14. The van der Waals surface area contributed by atoms with Crippen molar-refractivity contribution in [2.24, 2.45) is 11.8 Å². The Labute approximate surface area is 123 Å². The van der Waals surface area contributed by atoms with Crippen LogP contribution < -0.4 is 5.32 Å². The number of hydrogen-bond donors (Lipinski definition) is 1. The maximum Gasteiger partial charge on any atom is 0.127 e. The van der Waals surface area contributed by atoms with E-state index in [9.17, 15) is 4.39 Å². The Balaban J connectivity index is 2.34. The molecular weight excluding hydrogens is 249 g/mol. The maximum atomic E-state index is 14.5. The lowest BCUT2D eigenvalue weighted by Gasteiger charge is -2.37. The Hall–Kier alpha value is -0.890. The van der Waals surface area contributed by atoms with Crippen molar-refractivity contribution in [3.05, 3.63) is 34.6 Å². The van der Waals surface area contributed by atoms with Crippen LogP contribution in [0, 0.1) is 31.5 Å². The van der Waals surface area contributed by atoms with E-state index in [4.69, 9.17) is 0 Å². The molecule has 0 saturated heterocycles. The number of hydrogen-bond acceptors (Lipinski definition) is 1. The molecule has 1 saturated carbocycles. The molecule has 3 atom stereocenters. The van der Waals surface area contributed by atoms with Gasteiger partial charge in [-0.15, -0.1) is 0 Å². The first-order valence-electron chi connectivity index (χ1n) is 7.98. The van der Waals surface area contributed by atoms with Gasteiger partial charge in [0, 0.05) is 0 Å². The standard InChI is InChI=1S/C18H28FN/c1-5-14-6-7-15(11-20-4)16(10-14)18-13(3)8-12(2)9-17(18)19/h8-9,14-16,20H,5-7,10-11H2,1-4H3. The minimum atomic E-state index is 0.00496. The van der Waals surface area contributed by atoms with Crippen molar-refractivity contribution in [3.63, 3.8) is 0 Å². The van der Waals surface area contributed by atoms with E-state index in [1.54, 1.807) is 6.07 Å². The van der Waals surface area contributed by atoms with Gasteiger partial charge in [-0.1, -0.05) is 25.8 Å². The molecule has 1 aliphatic carbocycles. The highest BCUT2D eigenvalue weighted by Gasteiger charge is 2.32. The Morgan fingerprint density at radius 3 is 2.60 bits per heavy atom. The summed E-state index contributed by atoms with van der Waals surface area (Å²) in [5, 5.41) is 3.30. The fourth-order valence-electron chi connectivity index (χ4n) is 3.95. The quantitative estimate of drug-likeness (QED) is 0.850. The molecule has 0 aromatic heterocycles. The largest absolute Gasteiger partial charge is 0.319 e. The van der Waals surface area contributed by atoms with Crippen LogP contribution in [0.1, 0.15) is 55.2 Å². The summed E-state index contributed by atoms with van der Waals surface area (Å²) in [5.74, 6) is 1.71. The second-order valence-corrected chi connectivity index (χ2v) is 6.49. The third-order valence-corrected chi connectivity index (χ3v) is 5.00.